The summed E-state index contributed by atoms with van der Waals surface area (Å²) in [5.74, 6) is -0.217. The minimum absolute atomic E-state index is 0. The quantitative estimate of drug-likeness (QED) is 0.626. The number of rotatable bonds is 5. The predicted octanol–water partition coefficient (Wildman–Crippen LogP) is 4.70. The van der Waals surface area contributed by atoms with Crippen LogP contribution >= 0.6 is 12.4 Å². The molecule has 0 radical (unpaired) electrons. The largest absolute Gasteiger partial charge is 0.377 e. The van der Waals surface area contributed by atoms with Gasteiger partial charge in [0, 0.05) is 47.7 Å². The van der Waals surface area contributed by atoms with Gasteiger partial charge in [-0.25, -0.2) is 0 Å². The molecule has 7 heteroatoms. The Balaban J connectivity index is 0.00000272. The Kier molecular flexibility index (Phi) is 7.11. The number of fused-ring (bicyclic) bond motifs is 1. The fourth-order valence-electron chi connectivity index (χ4n) is 3.90. The van der Waals surface area contributed by atoms with E-state index in [2.05, 4.69) is 27.3 Å². The number of carbonyl (C=O) groups excluding carboxylic acids is 1. The van der Waals surface area contributed by atoms with Gasteiger partial charge >= 0.3 is 0 Å². The van der Waals surface area contributed by atoms with Crippen LogP contribution in [0.5, 0.6) is 0 Å². The highest BCUT2D eigenvalue weighted by molar-refractivity contribution is 6.05. The van der Waals surface area contributed by atoms with Gasteiger partial charge in [-0.05, 0) is 68.8 Å². The zero-order valence-electron chi connectivity index (χ0n) is 17.6. The fraction of sp³-hybridized carbons (Fsp3) is 0.292. The van der Waals surface area contributed by atoms with Crippen molar-refractivity contribution in [2.45, 2.75) is 26.4 Å². The molecule has 1 atom stereocenters. The molecule has 3 aromatic rings. The average molecular weight is 437 g/mol. The predicted molar refractivity (Wildman–Crippen MR) is 125 cm³/mol. The molecule has 1 aliphatic rings. The van der Waals surface area contributed by atoms with Crippen LogP contribution in [0.15, 0.2) is 48.5 Å². The molecular formula is C24H25ClN4O2. The van der Waals surface area contributed by atoms with Crippen LogP contribution in [-0.2, 0) is 4.74 Å². The third-order valence-corrected chi connectivity index (χ3v) is 5.34. The summed E-state index contributed by atoms with van der Waals surface area (Å²) >= 11 is 0. The summed E-state index contributed by atoms with van der Waals surface area (Å²) < 4.78 is 5.79. The van der Waals surface area contributed by atoms with E-state index in [-0.39, 0.29) is 24.4 Å². The van der Waals surface area contributed by atoms with Gasteiger partial charge in [0.2, 0.25) is 0 Å². The molecule has 6 nitrogen and oxygen atoms in total. The number of hydrogen-bond donors (Lipinski definition) is 1. The monoisotopic (exact) mass is 436 g/mol. The highest BCUT2D eigenvalue weighted by Gasteiger charge is 2.24. The van der Waals surface area contributed by atoms with E-state index in [0.29, 0.717) is 16.8 Å². The van der Waals surface area contributed by atoms with Gasteiger partial charge < -0.3 is 15.0 Å². The van der Waals surface area contributed by atoms with Crippen molar-refractivity contribution < 1.29 is 9.53 Å². The number of aromatic nitrogens is 1. The fourth-order valence-corrected chi connectivity index (χ4v) is 3.90. The smallest absolute Gasteiger partial charge is 0.255 e. The number of carbonyl (C=O) groups is 1. The third-order valence-electron chi connectivity index (χ3n) is 5.34. The van der Waals surface area contributed by atoms with Gasteiger partial charge in [-0.3, -0.25) is 9.78 Å². The molecular weight excluding hydrogens is 412 g/mol. The Morgan fingerprint density at radius 2 is 2.03 bits per heavy atom. The first-order valence-corrected chi connectivity index (χ1v) is 10.2. The lowest BCUT2D eigenvalue weighted by Gasteiger charge is -2.21. The zero-order chi connectivity index (χ0) is 21.1. The SMILES string of the molecule is CCO[C@H]1CCN(c2cc(C)nc3cc(NC(=O)c4ccc(C#N)cc4)ccc23)C1.Cl. The van der Waals surface area contributed by atoms with Crippen molar-refractivity contribution in [3.05, 3.63) is 65.4 Å². The Morgan fingerprint density at radius 3 is 2.74 bits per heavy atom. The highest BCUT2D eigenvalue weighted by Crippen LogP contribution is 2.31. The molecule has 160 valence electrons. The summed E-state index contributed by atoms with van der Waals surface area (Å²) in [6, 6.07) is 16.6. The Bertz CT molecular complexity index is 1120. The van der Waals surface area contributed by atoms with Crippen LogP contribution in [0.4, 0.5) is 11.4 Å². The molecule has 0 saturated carbocycles. The van der Waals surface area contributed by atoms with E-state index in [9.17, 15) is 4.79 Å². The minimum Gasteiger partial charge on any atom is -0.377 e. The van der Waals surface area contributed by atoms with Crippen molar-refractivity contribution in [2.75, 3.05) is 29.9 Å². The van der Waals surface area contributed by atoms with E-state index in [0.717, 1.165) is 48.4 Å². The summed E-state index contributed by atoms with van der Waals surface area (Å²) in [5.41, 5.74) is 4.67. The lowest BCUT2D eigenvalue weighted by Crippen LogP contribution is -2.23. The van der Waals surface area contributed by atoms with Crippen molar-refractivity contribution in [1.82, 2.24) is 4.98 Å². The van der Waals surface area contributed by atoms with Crippen LogP contribution < -0.4 is 10.2 Å². The van der Waals surface area contributed by atoms with Gasteiger partial charge in [0.1, 0.15) is 0 Å². The molecule has 0 bridgehead atoms. The summed E-state index contributed by atoms with van der Waals surface area (Å²) in [7, 11) is 0. The summed E-state index contributed by atoms with van der Waals surface area (Å²) in [6.45, 7) is 6.59. The van der Waals surface area contributed by atoms with E-state index >= 15 is 0 Å². The van der Waals surface area contributed by atoms with Crippen LogP contribution in [0.25, 0.3) is 10.9 Å². The molecule has 0 aliphatic carbocycles. The Labute approximate surface area is 188 Å². The topological polar surface area (TPSA) is 78.2 Å². The maximum Gasteiger partial charge on any atom is 0.255 e. The second kappa shape index (κ2) is 9.78. The molecule has 1 fully saturated rings. The molecule has 31 heavy (non-hydrogen) atoms. The van der Waals surface area contributed by atoms with Gasteiger partial charge in [0.05, 0.1) is 23.3 Å². The van der Waals surface area contributed by atoms with Crippen molar-refractivity contribution in [3.8, 4) is 6.07 Å². The third kappa shape index (κ3) is 4.96. The van der Waals surface area contributed by atoms with Crippen molar-refractivity contribution in [2.24, 2.45) is 0 Å². The number of ether oxygens (including phenoxy) is 1. The van der Waals surface area contributed by atoms with Crippen LogP contribution in [0, 0.1) is 18.3 Å². The first-order chi connectivity index (χ1) is 14.6. The highest BCUT2D eigenvalue weighted by atomic mass is 35.5. The van der Waals surface area contributed by atoms with Crippen molar-refractivity contribution in [3.63, 3.8) is 0 Å². The number of nitriles is 1. The van der Waals surface area contributed by atoms with E-state index in [4.69, 9.17) is 10.00 Å². The maximum absolute atomic E-state index is 12.6. The van der Waals surface area contributed by atoms with Gasteiger partial charge in [0.25, 0.3) is 5.91 Å². The number of nitrogens with one attached hydrogen (secondary N) is 1. The number of amides is 1. The van der Waals surface area contributed by atoms with Crippen molar-refractivity contribution >= 4 is 40.6 Å². The lowest BCUT2D eigenvalue weighted by atomic mass is 10.1. The molecule has 0 unspecified atom stereocenters. The molecule has 1 amide bonds. The molecule has 1 saturated heterocycles. The van der Waals surface area contributed by atoms with E-state index in [1.807, 2.05) is 32.0 Å². The number of hydrogen-bond acceptors (Lipinski definition) is 5. The second-order valence-electron chi connectivity index (χ2n) is 7.47. The first-order valence-electron chi connectivity index (χ1n) is 10.2. The minimum atomic E-state index is -0.217. The van der Waals surface area contributed by atoms with Gasteiger partial charge in [0.15, 0.2) is 0 Å². The molecule has 1 aromatic heterocycles. The number of nitrogens with zero attached hydrogens (tertiary/aromatic N) is 3. The van der Waals surface area contributed by atoms with Gasteiger partial charge in [-0.1, -0.05) is 0 Å². The van der Waals surface area contributed by atoms with Crippen LogP contribution in [-0.4, -0.2) is 36.7 Å². The number of aryl methyl sites for hydroxylation is 1. The molecule has 1 aliphatic heterocycles. The number of pyridine rings is 1. The molecule has 2 heterocycles. The summed E-state index contributed by atoms with van der Waals surface area (Å²) in [6.07, 6.45) is 1.29. The Morgan fingerprint density at radius 1 is 1.26 bits per heavy atom. The van der Waals surface area contributed by atoms with Gasteiger partial charge in [-0.2, -0.15) is 5.26 Å². The lowest BCUT2D eigenvalue weighted by molar-refractivity contribution is 0.0788. The van der Waals surface area contributed by atoms with E-state index in [1.54, 1.807) is 24.3 Å². The number of halogens is 1. The number of benzene rings is 2. The van der Waals surface area contributed by atoms with E-state index < -0.39 is 0 Å². The van der Waals surface area contributed by atoms with Crippen LogP contribution in [0.3, 0.4) is 0 Å². The normalized spacial score (nSPS) is 15.4. The molecule has 4 rings (SSSR count). The van der Waals surface area contributed by atoms with Crippen LogP contribution in [0.2, 0.25) is 0 Å². The average Bonchev–Trinajstić information content (AvgIpc) is 3.21. The number of anilines is 2. The van der Waals surface area contributed by atoms with E-state index in [1.165, 1.54) is 0 Å². The first kappa shape index (κ1) is 22.5. The van der Waals surface area contributed by atoms with Crippen molar-refractivity contribution in [1.29, 1.82) is 5.26 Å². The summed E-state index contributed by atoms with van der Waals surface area (Å²) in [4.78, 5) is 19.6. The van der Waals surface area contributed by atoms with Crippen LogP contribution in [0.1, 0.15) is 35.0 Å². The standard InChI is InChI=1S/C24H24N4O2.ClH/c1-3-30-20-10-11-28(15-20)23-12-16(2)26-22-13-19(8-9-21(22)23)27-24(29)18-6-4-17(14-25)5-7-18;/h4-9,12-13,20H,3,10-11,15H2,1-2H3,(H,27,29);1H/t20-;/m0./s1. The molecule has 1 N–H and O–H groups in total. The molecule has 2 aromatic carbocycles. The Hall–Kier alpha value is -3.14. The maximum atomic E-state index is 12.6. The zero-order valence-corrected chi connectivity index (χ0v) is 18.4. The second-order valence-corrected chi connectivity index (χ2v) is 7.47. The van der Waals surface area contributed by atoms with Gasteiger partial charge in [-0.15, -0.1) is 12.4 Å². The molecule has 0 spiro atoms. The summed E-state index contributed by atoms with van der Waals surface area (Å²) in [5, 5.41) is 12.9.